The molecule has 0 atom stereocenters. The first kappa shape index (κ1) is 19.4. The molecule has 0 radical (unpaired) electrons. The van der Waals surface area contributed by atoms with Gasteiger partial charge in [0, 0.05) is 5.56 Å². The molecule has 0 unspecified atom stereocenters. The van der Waals surface area contributed by atoms with Crippen molar-refractivity contribution in [2.75, 3.05) is 13.2 Å². The SMILES string of the molecule is CCOc1ccc(C(=O)COC(=O)C(c2ccccc2)c2ccccc2)cc1. The molecule has 0 aromatic heterocycles. The Hall–Kier alpha value is -3.40. The van der Waals surface area contributed by atoms with Gasteiger partial charge in [0.1, 0.15) is 11.7 Å². The molecule has 4 heteroatoms. The average Bonchev–Trinajstić information content (AvgIpc) is 2.74. The Morgan fingerprint density at radius 3 is 1.82 bits per heavy atom. The quantitative estimate of drug-likeness (QED) is 0.426. The molecule has 142 valence electrons. The van der Waals surface area contributed by atoms with Crippen molar-refractivity contribution >= 4 is 11.8 Å². The number of rotatable bonds is 8. The number of ether oxygens (including phenoxy) is 2. The minimum absolute atomic E-state index is 0.253. The maximum Gasteiger partial charge on any atom is 0.318 e. The molecule has 0 aliphatic rings. The summed E-state index contributed by atoms with van der Waals surface area (Å²) in [7, 11) is 0. The van der Waals surface area contributed by atoms with E-state index < -0.39 is 11.9 Å². The number of carbonyl (C=O) groups is 2. The fourth-order valence-electron chi connectivity index (χ4n) is 2.96. The topological polar surface area (TPSA) is 52.6 Å². The van der Waals surface area contributed by atoms with Crippen molar-refractivity contribution in [2.24, 2.45) is 0 Å². The van der Waals surface area contributed by atoms with E-state index in [1.807, 2.05) is 67.6 Å². The Morgan fingerprint density at radius 1 is 0.786 bits per heavy atom. The molecule has 0 aliphatic heterocycles. The van der Waals surface area contributed by atoms with Crippen LogP contribution in [0.2, 0.25) is 0 Å². The summed E-state index contributed by atoms with van der Waals surface area (Å²) in [4.78, 5) is 25.2. The lowest BCUT2D eigenvalue weighted by Crippen LogP contribution is -2.21. The monoisotopic (exact) mass is 374 g/mol. The van der Waals surface area contributed by atoms with Gasteiger partial charge < -0.3 is 9.47 Å². The second-order valence-corrected chi connectivity index (χ2v) is 6.24. The zero-order valence-corrected chi connectivity index (χ0v) is 15.7. The van der Waals surface area contributed by atoms with Crippen LogP contribution in [-0.4, -0.2) is 25.0 Å². The molecule has 0 fully saturated rings. The van der Waals surface area contributed by atoms with E-state index in [1.54, 1.807) is 24.3 Å². The summed E-state index contributed by atoms with van der Waals surface area (Å²) in [6.45, 7) is 2.16. The highest BCUT2D eigenvalue weighted by Crippen LogP contribution is 2.26. The molecule has 3 rings (SSSR count). The van der Waals surface area contributed by atoms with Gasteiger partial charge in [-0.15, -0.1) is 0 Å². The van der Waals surface area contributed by atoms with Crippen LogP contribution in [-0.2, 0) is 9.53 Å². The van der Waals surface area contributed by atoms with Crippen LogP contribution in [0.15, 0.2) is 84.9 Å². The summed E-state index contributed by atoms with van der Waals surface area (Å²) in [5, 5.41) is 0. The van der Waals surface area contributed by atoms with Crippen LogP contribution in [0.5, 0.6) is 5.75 Å². The molecule has 0 saturated heterocycles. The second-order valence-electron chi connectivity index (χ2n) is 6.24. The lowest BCUT2D eigenvalue weighted by atomic mass is 9.91. The van der Waals surface area contributed by atoms with Gasteiger partial charge in [-0.1, -0.05) is 60.7 Å². The van der Waals surface area contributed by atoms with E-state index in [9.17, 15) is 9.59 Å². The highest BCUT2D eigenvalue weighted by atomic mass is 16.5. The van der Waals surface area contributed by atoms with E-state index in [2.05, 4.69) is 0 Å². The third-order valence-corrected chi connectivity index (χ3v) is 4.33. The predicted octanol–water partition coefficient (Wildman–Crippen LogP) is 4.64. The molecule has 0 heterocycles. The molecule has 0 N–H and O–H groups in total. The van der Waals surface area contributed by atoms with Crippen LogP contribution < -0.4 is 4.74 Å². The Labute approximate surface area is 164 Å². The number of esters is 1. The Morgan fingerprint density at radius 2 is 1.32 bits per heavy atom. The number of hydrogen-bond acceptors (Lipinski definition) is 4. The van der Waals surface area contributed by atoms with E-state index in [-0.39, 0.29) is 12.4 Å². The second kappa shape index (κ2) is 9.51. The summed E-state index contributed by atoms with van der Waals surface area (Å²) in [6.07, 6.45) is 0. The summed E-state index contributed by atoms with van der Waals surface area (Å²) in [5.74, 6) is -0.576. The standard InChI is InChI=1S/C24H22O4/c1-2-27-21-15-13-18(14-16-21)22(25)17-28-24(26)23(19-9-5-3-6-10-19)20-11-7-4-8-12-20/h3-16,23H,2,17H2,1H3. The summed E-state index contributed by atoms with van der Waals surface area (Å²) in [5.41, 5.74) is 2.13. The minimum Gasteiger partial charge on any atom is -0.494 e. The van der Waals surface area contributed by atoms with Gasteiger partial charge in [-0.2, -0.15) is 0 Å². The van der Waals surface area contributed by atoms with Crippen molar-refractivity contribution in [1.82, 2.24) is 0 Å². The molecule has 28 heavy (non-hydrogen) atoms. The fraction of sp³-hybridized carbons (Fsp3) is 0.167. The molecule has 0 spiro atoms. The fourth-order valence-corrected chi connectivity index (χ4v) is 2.96. The first-order chi connectivity index (χ1) is 13.7. The van der Waals surface area contributed by atoms with E-state index in [4.69, 9.17) is 9.47 Å². The Balaban J connectivity index is 1.71. The van der Waals surface area contributed by atoms with Crippen LogP contribution in [0.1, 0.15) is 34.3 Å². The number of hydrogen-bond donors (Lipinski definition) is 0. The van der Waals surface area contributed by atoms with Gasteiger partial charge in [-0.05, 0) is 42.3 Å². The van der Waals surface area contributed by atoms with E-state index in [1.165, 1.54) is 0 Å². The van der Waals surface area contributed by atoms with E-state index in [0.29, 0.717) is 17.9 Å². The minimum atomic E-state index is -0.574. The summed E-state index contributed by atoms with van der Waals surface area (Å²) in [6, 6.07) is 25.6. The predicted molar refractivity (Wildman–Crippen MR) is 108 cm³/mol. The molecule has 4 nitrogen and oxygen atoms in total. The van der Waals surface area contributed by atoms with Crippen LogP contribution >= 0.6 is 0 Å². The molecular weight excluding hydrogens is 352 g/mol. The van der Waals surface area contributed by atoms with Gasteiger partial charge in [-0.3, -0.25) is 9.59 Å². The van der Waals surface area contributed by atoms with E-state index >= 15 is 0 Å². The first-order valence-electron chi connectivity index (χ1n) is 9.21. The number of ketones is 1. The van der Waals surface area contributed by atoms with Crippen molar-refractivity contribution in [2.45, 2.75) is 12.8 Å². The van der Waals surface area contributed by atoms with Gasteiger partial charge in [0.05, 0.1) is 6.61 Å². The molecule has 0 saturated carbocycles. The van der Waals surface area contributed by atoms with Crippen molar-refractivity contribution < 1.29 is 19.1 Å². The van der Waals surface area contributed by atoms with Crippen molar-refractivity contribution in [3.63, 3.8) is 0 Å². The lowest BCUT2D eigenvalue weighted by molar-refractivity contribution is -0.143. The molecule has 3 aromatic carbocycles. The number of carbonyl (C=O) groups excluding carboxylic acids is 2. The van der Waals surface area contributed by atoms with Crippen molar-refractivity contribution in [3.05, 3.63) is 102 Å². The summed E-state index contributed by atoms with van der Waals surface area (Å²) >= 11 is 0. The van der Waals surface area contributed by atoms with Crippen LogP contribution in [0.3, 0.4) is 0 Å². The Bertz CT molecular complexity index is 863. The van der Waals surface area contributed by atoms with Gasteiger partial charge in [0.25, 0.3) is 0 Å². The molecule has 0 amide bonds. The van der Waals surface area contributed by atoms with Crippen molar-refractivity contribution in [3.8, 4) is 5.75 Å². The van der Waals surface area contributed by atoms with Crippen LogP contribution in [0.4, 0.5) is 0 Å². The van der Waals surface area contributed by atoms with Crippen LogP contribution in [0, 0.1) is 0 Å². The maximum atomic E-state index is 12.8. The molecule has 3 aromatic rings. The maximum absolute atomic E-state index is 12.8. The molecular formula is C24H22O4. The van der Waals surface area contributed by atoms with Gasteiger partial charge in [-0.25, -0.2) is 0 Å². The van der Waals surface area contributed by atoms with Crippen LogP contribution in [0.25, 0.3) is 0 Å². The number of benzene rings is 3. The van der Waals surface area contributed by atoms with Gasteiger partial charge >= 0.3 is 5.97 Å². The van der Waals surface area contributed by atoms with E-state index in [0.717, 1.165) is 11.1 Å². The molecule has 0 aliphatic carbocycles. The lowest BCUT2D eigenvalue weighted by Gasteiger charge is -2.17. The van der Waals surface area contributed by atoms with Gasteiger partial charge in [0.2, 0.25) is 0 Å². The zero-order chi connectivity index (χ0) is 19.8. The highest BCUT2D eigenvalue weighted by molar-refractivity contribution is 5.98. The largest absolute Gasteiger partial charge is 0.494 e. The normalized spacial score (nSPS) is 10.5. The summed E-state index contributed by atoms with van der Waals surface area (Å²) < 4.78 is 10.8. The van der Waals surface area contributed by atoms with Gasteiger partial charge in [0.15, 0.2) is 12.4 Å². The average molecular weight is 374 g/mol. The highest BCUT2D eigenvalue weighted by Gasteiger charge is 2.25. The third-order valence-electron chi connectivity index (χ3n) is 4.33. The third kappa shape index (κ3) is 4.86. The molecule has 0 bridgehead atoms. The first-order valence-corrected chi connectivity index (χ1v) is 9.21. The number of Topliss-reactive ketones (excluding diaryl/α,β-unsaturated/α-hetero) is 1. The Kier molecular flexibility index (Phi) is 6.58. The smallest absolute Gasteiger partial charge is 0.318 e. The zero-order valence-electron chi connectivity index (χ0n) is 15.7. The van der Waals surface area contributed by atoms with Crippen molar-refractivity contribution in [1.29, 1.82) is 0 Å².